The quantitative estimate of drug-likeness (QED) is 0.671. The second-order valence-corrected chi connectivity index (χ2v) is 6.13. The predicted octanol–water partition coefficient (Wildman–Crippen LogP) is 1.62. The maximum absolute atomic E-state index is 11.7. The molecule has 0 atom stereocenters. The van der Waals surface area contributed by atoms with Crippen molar-refractivity contribution >= 4 is 10.0 Å². The molecular weight excluding hydrogens is 198 g/mol. The number of nitrogens with zero attached hydrogens (tertiary/aromatic N) is 1. The smallest absolute Gasteiger partial charge is 0.212 e. The Kier molecular flexibility index (Phi) is 3.72. The molecule has 1 aliphatic rings. The fraction of sp³-hybridized carbons (Fsp3) is 0.800. The highest BCUT2D eigenvalue weighted by Gasteiger charge is 2.25. The van der Waals surface area contributed by atoms with E-state index in [2.05, 4.69) is 13.8 Å². The molecule has 0 radical (unpaired) electrons. The van der Waals surface area contributed by atoms with Crippen molar-refractivity contribution in [2.45, 2.75) is 27.2 Å². The highest BCUT2D eigenvalue weighted by molar-refractivity contribution is 7.89. The first-order valence-electron chi connectivity index (χ1n) is 5.14. The lowest BCUT2D eigenvalue weighted by molar-refractivity contribution is 0.477. The Bertz CT molecular complexity index is 317. The van der Waals surface area contributed by atoms with Crippen molar-refractivity contribution in [1.82, 2.24) is 4.31 Å². The van der Waals surface area contributed by atoms with Gasteiger partial charge in [0.2, 0.25) is 10.0 Å². The van der Waals surface area contributed by atoms with Gasteiger partial charge in [0.05, 0.1) is 5.75 Å². The SMILES string of the molecule is CCCS(=O)(=O)N1CC=C(C(C)C)C1. The average molecular weight is 217 g/mol. The number of hydrogen-bond acceptors (Lipinski definition) is 2. The molecule has 1 heterocycles. The van der Waals surface area contributed by atoms with Crippen LogP contribution in [0.5, 0.6) is 0 Å². The molecular formula is C10H19NO2S. The molecule has 1 rings (SSSR count). The zero-order chi connectivity index (χ0) is 10.8. The van der Waals surface area contributed by atoms with E-state index in [0.29, 0.717) is 25.4 Å². The van der Waals surface area contributed by atoms with E-state index in [1.165, 1.54) is 5.57 Å². The third kappa shape index (κ3) is 2.58. The van der Waals surface area contributed by atoms with E-state index < -0.39 is 10.0 Å². The maximum Gasteiger partial charge on any atom is 0.214 e. The van der Waals surface area contributed by atoms with Gasteiger partial charge in [0.15, 0.2) is 0 Å². The Morgan fingerprint density at radius 3 is 2.57 bits per heavy atom. The van der Waals surface area contributed by atoms with Crippen molar-refractivity contribution < 1.29 is 8.42 Å². The first-order valence-corrected chi connectivity index (χ1v) is 6.75. The molecule has 0 N–H and O–H groups in total. The van der Waals surface area contributed by atoms with Gasteiger partial charge in [0.25, 0.3) is 0 Å². The lowest BCUT2D eigenvalue weighted by Crippen LogP contribution is -2.31. The van der Waals surface area contributed by atoms with Crippen LogP contribution in [0.4, 0.5) is 0 Å². The second kappa shape index (κ2) is 4.45. The van der Waals surface area contributed by atoms with E-state index in [1.54, 1.807) is 4.31 Å². The second-order valence-electron chi connectivity index (χ2n) is 4.04. The van der Waals surface area contributed by atoms with Crippen molar-refractivity contribution in [2.24, 2.45) is 5.92 Å². The summed E-state index contributed by atoms with van der Waals surface area (Å²) in [6.07, 6.45) is 2.73. The summed E-state index contributed by atoms with van der Waals surface area (Å²) >= 11 is 0. The summed E-state index contributed by atoms with van der Waals surface area (Å²) in [5.41, 5.74) is 1.24. The zero-order valence-electron chi connectivity index (χ0n) is 9.16. The van der Waals surface area contributed by atoms with Crippen molar-refractivity contribution in [3.05, 3.63) is 11.6 Å². The molecule has 0 unspecified atom stereocenters. The van der Waals surface area contributed by atoms with Crippen LogP contribution in [0.1, 0.15) is 27.2 Å². The van der Waals surface area contributed by atoms with Crippen LogP contribution in [-0.4, -0.2) is 31.6 Å². The van der Waals surface area contributed by atoms with Crippen LogP contribution in [0.25, 0.3) is 0 Å². The fourth-order valence-corrected chi connectivity index (χ4v) is 2.99. The molecule has 0 aromatic heterocycles. The standard InChI is InChI=1S/C10H19NO2S/c1-4-7-14(12,13)11-6-5-10(8-11)9(2)3/h5,9H,4,6-8H2,1-3H3. The number of sulfonamides is 1. The zero-order valence-corrected chi connectivity index (χ0v) is 9.97. The van der Waals surface area contributed by atoms with Crippen LogP contribution in [0, 0.1) is 5.92 Å². The summed E-state index contributed by atoms with van der Waals surface area (Å²) in [4.78, 5) is 0. The number of rotatable bonds is 4. The molecule has 0 aromatic carbocycles. The highest BCUT2D eigenvalue weighted by Crippen LogP contribution is 2.20. The number of hydrogen-bond donors (Lipinski definition) is 0. The van der Waals surface area contributed by atoms with Gasteiger partial charge in [-0.3, -0.25) is 0 Å². The Labute approximate surface area is 86.8 Å². The Morgan fingerprint density at radius 2 is 2.14 bits per heavy atom. The summed E-state index contributed by atoms with van der Waals surface area (Å²) in [5, 5.41) is 0. The largest absolute Gasteiger partial charge is 0.214 e. The minimum absolute atomic E-state index is 0.270. The van der Waals surface area contributed by atoms with Gasteiger partial charge in [0.1, 0.15) is 0 Å². The topological polar surface area (TPSA) is 37.4 Å². The summed E-state index contributed by atoms with van der Waals surface area (Å²) in [7, 11) is -3.00. The van der Waals surface area contributed by atoms with Crippen molar-refractivity contribution in [2.75, 3.05) is 18.8 Å². The van der Waals surface area contributed by atoms with Crippen molar-refractivity contribution in [3.63, 3.8) is 0 Å². The highest BCUT2D eigenvalue weighted by atomic mass is 32.2. The molecule has 0 spiro atoms. The van der Waals surface area contributed by atoms with Gasteiger partial charge in [-0.25, -0.2) is 8.42 Å². The summed E-state index contributed by atoms with van der Waals surface area (Å²) in [6, 6.07) is 0. The molecule has 0 saturated heterocycles. The van der Waals surface area contributed by atoms with E-state index in [1.807, 2.05) is 13.0 Å². The third-order valence-electron chi connectivity index (χ3n) is 2.51. The molecule has 1 aliphatic heterocycles. The third-order valence-corrected chi connectivity index (χ3v) is 4.50. The summed E-state index contributed by atoms with van der Waals surface area (Å²) < 4.78 is 25.0. The van der Waals surface area contributed by atoms with E-state index >= 15 is 0 Å². The predicted molar refractivity (Wildman–Crippen MR) is 58.6 cm³/mol. The van der Waals surface area contributed by atoms with E-state index in [-0.39, 0.29) is 5.75 Å². The van der Waals surface area contributed by atoms with E-state index in [4.69, 9.17) is 0 Å². The lowest BCUT2D eigenvalue weighted by atomic mass is 10.1. The average Bonchev–Trinajstić information content (AvgIpc) is 2.51. The molecule has 0 aromatic rings. The van der Waals surface area contributed by atoms with Gasteiger partial charge in [-0.15, -0.1) is 0 Å². The van der Waals surface area contributed by atoms with Crippen molar-refractivity contribution in [3.8, 4) is 0 Å². The van der Waals surface area contributed by atoms with Crippen molar-refractivity contribution in [1.29, 1.82) is 0 Å². The molecule has 4 heteroatoms. The lowest BCUT2D eigenvalue weighted by Gasteiger charge is -2.16. The van der Waals surface area contributed by atoms with Gasteiger partial charge >= 0.3 is 0 Å². The van der Waals surface area contributed by atoms with Gasteiger partial charge in [-0.2, -0.15) is 4.31 Å². The fourth-order valence-electron chi connectivity index (χ4n) is 1.57. The molecule has 82 valence electrons. The molecule has 14 heavy (non-hydrogen) atoms. The van der Waals surface area contributed by atoms with Gasteiger partial charge in [-0.1, -0.05) is 32.4 Å². The van der Waals surface area contributed by atoms with Crippen LogP contribution < -0.4 is 0 Å². The molecule has 0 saturated carbocycles. The van der Waals surface area contributed by atoms with Gasteiger partial charge in [-0.05, 0) is 12.3 Å². The molecule has 0 amide bonds. The normalized spacial score (nSPS) is 19.0. The molecule has 0 fully saturated rings. The Hall–Kier alpha value is -0.350. The Balaban J connectivity index is 2.62. The Morgan fingerprint density at radius 1 is 1.50 bits per heavy atom. The minimum atomic E-state index is -3.00. The van der Waals surface area contributed by atoms with Crippen LogP contribution in [-0.2, 0) is 10.0 Å². The first-order chi connectivity index (χ1) is 6.47. The first kappa shape index (κ1) is 11.7. The van der Waals surface area contributed by atoms with Gasteiger partial charge < -0.3 is 0 Å². The maximum atomic E-state index is 11.7. The summed E-state index contributed by atoms with van der Waals surface area (Å²) in [5.74, 6) is 0.725. The van der Waals surface area contributed by atoms with E-state index in [0.717, 1.165) is 0 Å². The summed E-state index contributed by atoms with van der Waals surface area (Å²) in [6.45, 7) is 7.25. The monoisotopic (exact) mass is 217 g/mol. The van der Waals surface area contributed by atoms with Crippen LogP contribution in [0.2, 0.25) is 0 Å². The van der Waals surface area contributed by atoms with Crippen LogP contribution in [0.15, 0.2) is 11.6 Å². The molecule has 0 aliphatic carbocycles. The molecule has 3 nitrogen and oxygen atoms in total. The van der Waals surface area contributed by atoms with Gasteiger partial charge in [0, 0.05) is 13.1 Å². The molecule has 0 bridgehead atoms. The van der Waals surface area contributed by atoms with E-state index in [9.17, 15) is 8.42 Å². The van der Waals surface area contributed by atoms with Crippen LogP contribution >= 0.6 is 0 Å². The minimum Gasteiger partial charge on any atom is -0.212 e. The van der Waals surface area contributed by atoms with Crippen LogP contribution in [0.3, 0.4) is 0 Å².